The van der Waals surface area contributed by atoms with E-state index in [1.807, 2.05) is 49.4 Å². The Morgan fingerprint density at radius 2 is 1.67 bits per heavy atom. The predicted molar refractivity (Wildman–Crippen MR) is 96.3 cm³/mol. The van der Waals surface area contributed by atoms with E-state index in [1.165, 1.54) is 0 Å². The Morgan fingerprint density at radius 3 is 2.33 bits per heavy atom. The summed E-state index contributed by atoms with van der Waals surface area (Å²) in [5, 5.41) is 1.39. The van der Waals surface area contributed by atoms with Gasteiger partial charge in [0.1, 0.15) is 18.1 Å². The lowest BCUT2D eigenvalue weighted by Crippen LogP contribution is -1.96. The van der Waals surface area contributed by atoms with Crippen LogP contribution in [-0.4, -0.2) is 4.98 Å². The van der Waals surface area contributed by atoms with Crippen LogP contribution in [0.4, 0.5) is 0 Å². The summed E-state index contributed by atoms with van der Waals surface area (Å²) in [7, 11) is 0. The Kier molecular flexibility index (Phi) is 5.24. The molecule has 5 heteroatoms. The molecule has 2 aromatic carbocycles. The van der Waals surface area contributed by atoms with E-state index in [0.717, 1.165) is 16.9 Å². The standard InChI is InChI=1S/C19H15Cl2NO2/c1-13-10-16(21)6-8-18(13)24-19-9-7-17(11-22-19)23-12-14-2-4-15(20)5-3-14/h2-11H,12H2,1H3. The van der Waals surface area contributed by atoms with Crippen LogP contribution in [0.15, 0.2) is 60.8 Å². The molecule has 0 aliphatic carbocycles. The minimum Gasteiger partial charge on any atom is -0.487 e. The molecule has 0 aliphatic rings. The number of pyridine rings is 1. The van der Waals surface area contributed by atoms with Gasteiger partial charge in [-0.25, -0.2) is 4.98 Å². The third-order valence-electron chi connectivity index (χ3n) is 3.38. The van der Waals surface area contributed by atoms with Crippen LogP contribution in [0.2, 0.25) is 10.0 Å². The number of benzene rings is 2. The van der Waals surface area contributed by atoms with Gasteiger partial charge in [-0.3, -0.25) is 0 Å². The van der Waals surface area contributed by atoms with E-state index < -0.39 is 0 Å². The molecule has 0 amide bonds. The van der Waals surface area contributed by atoms with Crippen molar-refractivity contribution in [3.05, 3.63) is 82.0 Å². The summed E-state index contributed by atoms with van der Waals surface area (Å²) in [4.78, 5) is 4.26. The Bertz CT molecular complexity index is 818. The Morgan fingerprint density at radius 1 is 0.917 bits per heavy atom. The molecule has 122 valence electrons. The van der Waals surface area contributed by atoms with E-state index in [-0.39, 0.29) is 0 Å². The molecular weight excluding hydrogens is 345 g/mol. The molecule has 3 nitrogen and oxygen atoms in total. The van der Waals surface area contributed by atoms with Crippen molar-refractivity contribution in [2.45, 2.75) is 13.5 Å². The van der Waals surface area contributed by atoms with Crippen LogP contribution in [0, 0.1) is 6.92 Å². The quantitative estimate of drug-likeness (QED) is 0.554. The SMILES string of the molecule is Cc1cc(Cl)ccc1Oc1ccc(OCc2ccc(Cl)cc2)cn1. The molecule has 0 aliphatic heterocycles. The van der Waals surface area contributed by atoms with Gasteiger partial charge in [0, 0.05) is 16.1 Å². The van der Waals surface area contributed by atoms with Crippen LogP contribution in [0.1, 0.15) is 11.1 Å². The third kappa shape index (κ3) is 4.40. The number of hydrogen-bond acceptors (Lipinski definition) is 3. The molecular formula is C19H15Cl2NO2. The fraction of sp³-hybridized carbons (Fsp3) is 0.105. The summed E-state index contributed by atoms with van der Waals surface area (Å²) in [6, 6.07) is 16.6. The van der Waals surface area contributed by atoms with Crippen LogP contribution in [-0.2, 0) is 6.61 Å². The van der Waals surface area contributed by atoms with Crippen molar-refractivity contribution < 1.29 is 9.47 Å². The highest BCUT2D eigenvalue weighted by atomic mass is 35.5. The summed E-state index contributed by atoms with van der Waals surface area (Å²) in [5.74, 6) is 1.89. The molecule has 1 heterocycles. The van der Waals surface area contributed by atoms with Gasteiger partial charge in [0.25, 0.3) is 0 Å². The van der Waals surface area contributed by atoms with E-state index in [2.05, 4.69) is 4.98 Å². The highest BCUT2D eigenvalue weighted by molar-refractivity contribution is 6.30. The average Bonchev–Trinajstić information content (AvgIpc) is 2.58. The zero-order valence-corrected chi connectivity index (χ0v) is 14.5. The summed E-state index contributed by atoms with van der Waals surface area (Å²) in [5.41, 5.74) is 1.99. The minimum atomic E-state index is 0.454. The number of hydrogen-bond donors (Lipinski definition) is 0. The number of aryl methyl sites for hydroxylation is 1. The third-order valence-corrected chi connectivity index (χ3v) is 3.87. The highest BCUT2D eigenvalue weighted by Gasteiger charge is 2.04. The molecule has 3 aromatic rings. The highest BCUT2D eigenvalue weighted by Crippen LogP contribution is 2.27. The normalized spacial score (nSPS) is 10.5. The van der Waals surface area contributed by atoms with Gasteiger partial charge in [-0.05, 0) is 54.4 Å². The van der Waals surface area contributed by atoms with Crippen molar-refractivity contribution in [3.63, 3.8) is 0 Å². The molecule has 24 heavy (non-hydrogen) atoms. The maximum atomic E-state index is 5.94. The van der Waals surface area contributed by atoms with E-state index in [9.17, 15) is 0 Å². The predicted octanol–water partition coefficient (Wildman–Crippen LogP) is 6.07. The van der Waals surface area contributed by atoms with E-state index >= 15 is 0 Å². The van der Waals surface area contributed by atoms with Gasteiger partial charge >= 0.3 is 0 Å². The monoisotopic (exact) mass is 359 g/mol. The summed E-state index contributed by atoms with van der Waals surface area (Å²) in [6.07, 6.45) is 1.64. The Balaban J connectivity index is 1.61. The smallest absolute Gasteiger partial charge is 0.219 e. The van der Waals surface area contributed by atoms with E-state index in [4.69, 9.17) is 32.7 Å². The minimum absolute atomic E-state index is 0.454. The average molecular weight is 360 g/mol. The first-order valence-corrected chi connectivity index (χ1v) is 8.13. The number of aromatic nitrogens is 1. The fourth-order valence-electron chi connectivity index (χ4n) is 2.10. The van der Waals surface area contributed by atoms with E-state index in [0.29, 0.717) is 28.3 Å². The number of rotatable bonds is 5. The largest absolute Gasteiger partial charge is 0.487 e. The number of halogens is 2. The Hall–Kier alpha value is -2.23. The van der Waals surface area contributed by atoms with Crippen molar-refractivity contribution in [2.24, 2.45) is 0 Å². The first-order chi connectivity index (χ1) is 11.6. The molecule has 3 rings (SSSR count). The molecule has 0 spiro atoms. The summed E-state index contributed by atoms with van der Waals surface area (Å²) < 4.78 is 11.5. The van der Waals surface area contributed by atoms with Crippen LogP contribution in [0.5, 0.6) is 17.4 Å². The molecule has 0 unspecified atom stereocenters. The zero-order chi connectivity index (χ0) is 16.9. The maximum absolute atomic E-state index is 5.94. The van der Waals surface area contributed by atoms with Crippen molar-refractivity contribution >= 4 is 23.2 Å². The topological polar surface area (TPSA) is 31.4 Å². The fourth-order valence-corrected chi connectivity index (χ4v) is 2.45. The maximum Gasteiger partial charge on any atom is 0.219 e. The summed E-state index contributed by atoms with van der Waals surface area (Å²) >= 11 is 11.8. The van der Waals surface area contributed by atoms with Gasteiger partial charge in [-0.1, -0.05) is 35.3 Å². The van der Waals surface area contributed by atoms with Crippen LogP contribution < -0.4 is 9.47 Å². The van der Waals surface area contributed by atoms with Gasteiger partial charge in [-0.15, -0.1) is 0 Å². The van der Waals surface area contributed by atoms with Crippen molar-refractivity contribution in [1.29, 1.82) is 0 Å². The second-order valence-electron chi connectivity index (χ2n) is 5.26. The second kappa shape index (κ2) is 7.56. The van der Waals surface area contributed by atoms with Crippen LogP contribution in [0.25, 0.3) is 0 Å². The lowest BCUT2D eigenvalue weighted by Gasteiger charge is -2.09. The molecule has 0 saturated heterocycles. The van der Waals surface area contributed by atoms with Gasteiger partial charge < -0.3 is 9.47 Å². The number of ether oxygens (including phenoxy) is 2. The van der Waals surface area contributed by atoms with Gasteiger partial charge in [0.2, 0.25) is 5.88 Å². The molecule has 0 bridgehead atoms. The van der Waals surface area contributed by atoms with Crippen LogP contribution >= 0.6 is 23.2 Å². The second-order valence-corrected chi connectivity index (χ2v) is 6.13. The van der Waals surface area contributed by atoms with Crippen molar-refractivity contribution in [3.8, 4) is 17.4 Å². The molecule has 0 saturated carbocycles. The Labute approximate surface area is 150 Å². The lowest BCUT2D eigenvalue weighted by atomic mass is 10.2. The first kappa shape index (κ1) is 16.6. The molecule has 0 radical (unpaired) electrons. The van der Waals surface area contributed by atoms with E-state index in [1.54, 1.807) is 18.3 Å². The van der Waals surface area contributed by atoms with Gasteiger partial charge in [0.15, 0.2) is 0 Å². The number of nitrogens with zero attached hydrogens (tertiary/aromatic N) is 1. The lowest BCUT2D eigenvalue weighted by molar-refractivity contribution is 0.304. The van der Waals surface area contributed by atoms with Gasteiger partial charge in [0.05, 0.1) is 6.20 Å². The molecule has 0 atom stereocenters. The first-order valence-electron chi connectivity index (χ1n) is 7.37. The van der Waals surface area contributed by atoms with Gasteiger partial charge in [-0.2, -0.15) is 0 Å². The summed E-state index contributed by atoms with van der Waals surface area (Å²) in [6.45, 7) is 2.39. The van der Waals surface area contributed by atoms with Crippen molar-refractivity contribution in [2.75, 3.05) is 0 Å². The molecule has 1 aromatic heterocycles. The molecule has 0 N–H and O–H groups in total. The van der Waals surface area contributed by atoms with Crippen LogP contribution in [0.3, 0.4) is 0 Å². The zero-order valence-electron chi connectivity index (χ0n) is 13.0. The van der Waals surface area contributed by atoms with Crippen molar-refractivity contribution in [1.82, 2.24) is 4.98 Å². The molecule has 0 fully saturated rings.